The number of nitrogens with one attached hydrogen (secondary N) is 2. The Morgan fingerprint density at radius 3 is 1.48 bits per heavy atom. The largest absolute Gasteiger partial charge is 0.478 e. The standard InChI is InChI=1S/C57H50N2O8/c1-57(2,45-16-24-49(25-17-45)66-51-28-20-47(21-29-51)58-55(60)53-32-14-42(36-54(53)56(61)62)34-40-11-7-4-8-12-40)46-18-26-50(27-19-46)67-52-30-22-48(23-31-52)59-64-37-43-15-13-41(35-44(43)38-65-63)33-39-9-5-3-6-10-39/h3-32,35-36,59,63H,33-34,37-38H2,1-2H3,(H,58,60)(H,61,62). The van der Waals surface area contributed by atoms with Crippen LogP contribution in [-0.2, 0) is 41.2 Å². The second kappa shape index (κ2) is 21.3. The van der Waals surface area contributed by atoms with Gasteiger partial charge in [-0.2, -0.15) is 0 Å². The first-order chi connectivity index (χ1) is 32.6. The first-order valence-corrected chi connectivity index (χ1v) is 21.9. The van der Waals surface area contributed by atoms with Gasteiger partial charge in [-0.3, -0.25) is 20.4 Å². The third kappa shape index (κ3) is 12.0. The number of aromatic carboxylic acids is 1. The Bertz CT molecular complexity index is 2900. The maximum Gasteiger partial charge on any atom is 0.336 e. The lowest BCUT2D eigenvalue weighted by molar-refractivity contribution is -0.253. The molecule has 0 unspecified atom stereocenters. The summed E-state index contributed by atoms with van der Waals surface area (Å²) in [5.41, 5.74) is 12.1. The molecular weight excluding hydrogens is 841 g/mol. The average molecular weight is 891 g/mol. The van der Waals surface area contributed by atoms with E-state index in [0.717, 1.165) is 51.1 Å². The number of carboxylic acid groups (broad SMARTS) is 1. The zero-order valence-corrected chi connectivity index (χ0v) is 37.1. The first-order valence-electron chi connectivity index (χ1n) is 21.9. The van der Waals surface area contributed by atoms with E-state index in [-0.39, 0.29) is 29.8 Å². The third-order valence-corrected chi connectivity index (χ3v) is 11.6. The maximum absolute atomic E-state index is 13.2. The summed E-state index contributed by atoms with van der Waals surface area (Å²) in [6.07, 6.45) is 1.34. The zero-order chi connectivity index (χ0) is 46.6. The van der Waals surface area contributed by atoms with E-state index in [4.69, 9.17) is 14.3 Å². The summed E-state index contributed by atoms with van der Waals surface area (Å²) >= 11 is 0. The van der Waals surface area contributed by atoms with Crippen molar-refractivity contribution in [3.63, 3.8) is 0 Å². The summed E-state index contributed by atoms with van der Waals surface area (Å²) in [5, 5.41) is 21.9. The van der Waals surface area contributed by atoms with Crippen LogP contribution in [0.25, 0.3) is 0 Å². The van der Waals surface area contributed by atoms with E-state index in [1.54, 1.807) is 42.5 Å². The van der Waals surface area contributed by atoms with Crippen molar-refractivity contribution >= 4 is 23.3 Å². The van der Waals surface area contributed by atoms with E-state index in [1.165, 1.54) is 5.56 Å². The van der Waals surface area contributed by atoms with Gasteiger partial charge in [0, 0.05) is 11.1 Å². The van der Waals surface area contributed by atoms with E-state index >= 15 is 0 Å². The van der Waals surface area contributed by atoms with Gasteiger partial charge in [-0.15, -0.1) is 0 Å². The highest BCUT2D eigenvalue weighted by Crippen LogP contribution is 2.35. The minimum absolute atomic E-state index is 0.0525. The van der Waals surface area contributed by atoms with Crippen molar-refractivity contribution < 1.29 is 39.2 Å². The summed E-state index contributed by atoms with van der Waals surface area (Å²) in [5.74, 6) is 0.946. The number of ether oxygens (including phenoxy) is 2. The molecule has 0 aliphatic carbocycles. The van der Waals surface area contributed by atoms with Crippen molar-refractivity contribution in [1.82, 2.24) is 0 Å². The molecule has 1 amide bonds. The van der Waals surface area contributed by atoms with Crippen LogP contribution in [0, 0.1) is 0 Å². The van der Waals surface area contributed by atoms with E-state index in [2.05, 4.69) is 59.9 Å². The van der Waals surface area contributed by atoms with Gasteiger partial charge < -0.3 is 19.9 Å². The van der Waals surface area contributed by atoms with Crippen LogP contribution in [-0.4, -0.2) is 22.2 Å². The SMILES string of the molecule is CC(C)(c1ccc(Oc2ccc(NOCc3ccc(Cc4ccccc4)cc3COO)cc2)cc1)c1ccc(Oc2ccc(NC(=O)c3ccc(Cc4ccccc4)cc3C(=O)O)cc2)cc1. The van der Waals surface area contributed by atoms with Crippen LogP contribution in [0.3, 0.4) is 0 Å². The highest BCUT2D eigenvalue weighted by Gasteiger charge is 2.24. The minimum atomic E-state index is -1.16. The molecular formula is C57H50N2O8. The smallest absolute Gasteiger partial charge is 0.336 e. The molecule has 10 nitrogen and oxygen atoms in total. The van der Waals surface area contributed by atoms with Crippen molar-refractivity contribution in [3.8, 4) is 23.0 Å². The van der Waals surface area contributed by atoms with Crippen molar-refractivity contribution in [2.24, 2.45) is 0 Å². The second-order valence-corrected chi connectivity index (χ2v) is 16.7. The van der Waals surface area contributed by atoms with Gasteiger partial charge in [0.2, 0.25) is 0 Å². The minimum Gasteiger partial charge on any atom is -0.478 e. The molecule has 0 aliphatic rings. The quantitative estimate of drug-likeness (QED) is 0.0462. The second-order valence-electron chi connectivity index (χ2n) is 16.7. The van der Waals surface area contributed by atoms with Gasteiger partial charge in [0.15, 0.2) is 0 Å². The average Bonchev–Trinajstić information content (AvgIpc) is 3.34. The van der Waals surface area contributed by atoms with Crippen LogP contribution in [0.15, 0.2) is 194 Å². The number of hydrogen-bond donors (Lipinski definition) is 4. The molecule has 0 aromatic heterocycles. The van der Waals surface area contributed by atoms with E-state index in [0.29, 0.717) is 35.1 Å². The molecule has 8 aromatic rings. The Kier molecular flexibility index (Phi) is 14.5. The van der Waals surface area contributed by atoms with Crippen LogP contribution < -0.4 is 20.3 Å². The number of benzene rings is 8. The van der Waals surface area contributed by atoms with Crippen LogP contribution in [0.5, 0.6) is 23.0 Å². The molecule has 0 spiro atoms. The van der Waals surface area contributed by atoms with Gasteiger partial charge in [-0.05, 0) is 142 Å². The normalized spacial score (nSPS) is 11.1. The number of anilines is 2. The monoisotopic (exact) mass is 890 g/mol. The molecule has 67 heavy (non-hydrogen) atoms. The maximum atomic E-state index is 13.2. The fraction of sp³-hybridized carbons (Fsp3) is 0.123. The van der Waals surface area contributed by atoms with Crippen molar-refractivity contribution in [3.05, 3.63) is 250 Å². The third-order valence-electron chi connectivity index (χ3n) is 11.6. The highest BCUT2D eigenvalue weighted by atomic mass is 17.1. The summed E-state index contributed by atoms with van der Waals surface area (Å²) in [7, 11) is 0. The Labute approximate surface area is 389 Å². The predicted octanol–water partition coefficient (Wildman–Crippen LogP) is 13.3. The van der Waals surface area contributed by atoms with Crippen LogP contribution in [0.2, 0.25) is 0 Å². The Hall–Kier alpha value is -8.02. The van der Waals surface area contributed by atoms with Gasteiger partial charge in [0.05, 0.1) is 23.4 Å². The number of carbonyl (C=O) groups is 2. The number of carbonyl (C=O) groups excluding carboxylic acids is 1. The van der Waals surface area contributed by atoms with E-state index in [1.807, 2.05) is 121 Å². The van der Waals surface area contributed by atoms with Gasteiger partial charge >= 0.3 is 5.97 Å². The summed E-state index contributed by atoms with van der Waals surface area (Å²) in [4.78, 5) is 35.6. The lowest BCUT2D eigenvalue weighted by atomic mass is 9.78. The summed E-state index contributed by atoms with van der Waals surface area (Å²) in [6, 6.07) is 61.4. The molecule has 8 aromatic carbocycles. The number of amides is 1. The molecule has 0 radical (unpaired) electrons. The van der Waals surface area contributed by atoms with E-state index < -0.39 is 11.9 Å². The van der Waals surface area contributed by atoms with Crippen molar-refractivity contribution in [2.75, 3.05) is 10.8 Å². The highest BCUT2D eigenvalue weighted by molar-refractivity contribution is 6.10. The molecule has 0 aliphatic heterocycles. The number of rotatable bonds is 19. The Morgan fingerprint density at radius 2 is 0.970 bits per heavy atom. The topological polar surface area (TPSA) is 136 Å². The number of carboxylic acids is 1. The molecule has 336 valence electrons. The predicted molar refractivity (Wildman–Crippen MR) is 260 cm³/mol. The van der Waals surface area contributed by atoms with Gasteiger partial charge in [-0.25, -0.2) is 9.68 Å². The van der Waals surface area contributed by atoms with E-state index in [9.17, 15) is 20.0 Å². The zero-order valence-electron chi connectivity index (χ0n) is 37.1. The molecule has 0 fully saturated rings. The molecule has 0 heterocycles. The lowest BCUT2D eigenvalue weighted by Crippen LogP contribution is -2.18. The van der Waals surface area contributed by atoms with Crippen LogP contribution in [0.4, 0.5) is 11.4 Å². The fourth-order valence-electron chi connectivity index (χ4n) is 7.78. The molecule has 0 bridgehead atoms. The molecule has 0 saturated heterocycles. The van der Waals surface area contributed by atoms with Crippen molar-refractivity contribution in [2.45, 2.75) is 45.3 Å². The molecule has 10 heteroatoms. The number of hydrogen-bond acceptors (Lipinski definition) is 8. The summed E-state index contributed by atoms with van der Waals surface area (Å²) < 4.78 is 12.3. The van der Waals surface area contributed by atoms with Crippen molar-refractivity contribution in [1.29, 1.82) is 0 Å². The molecule has 4 N–H and O–H groups in total. The molecule has 0 saturated carbocycles. The van der Waals surface area contributed by atoms with Gasteiger partial charge in [-0.1, -0.05) is 123 Å². The van der Waals surface area contributed by atoms with Crippen LogP contribution >= 0.6 is 0 Å². The first kappa shape index (κ1) is 45.5. The Morgan fingerprint density at radius 1 is 0.493 bits per heavy atom. The van der Waals surface area contributed by atoms with Gasteiger partial charge in [0.25, 0.3) is 5.91 Å². The van der Waals surface area contributed by atoms with Gasteiger partial charge in [0.1, 0.15) is 29.6 Å². The Balaban J connectivity index is 0.809. The fourth-order valence-corrected chi connectivity index (χ4v) is 7.78. The molecule has 8 rings (SSSR count). The molecule has 0 atom stereocenters. The van der Waals surface area contributed by atoms with Crippen LogP contribution in [0.1, 0.15) is 79.1 Å². The lowest BCUT2D eigenvalue weighted by Gasteiger charge is -2.26. The summed E-state index contributed by atoms with van der Waals surface area (Å²) in [6.45, 7) is 4.67.